The maximum atomic E-state index is 12.4. The molecule has 0 spiro atoms. The minimum Gasteiger partial charge on any atom is -0.303 e. The van der Waals surface area contributed by atoms with Gasteiger partial charge in [-0.1, -0.05) is 41.9 Å². The fourth-order valence-electron chi connectivity index (χ4n) is 2.36. The molecule has 0 aliphatic heterocycles. The highest BCUT2D eigenvalue weighted by Crippen LogP contribution is 2.15. The van der Waals surface area contributed by atoms with E-state index >= 15 is 0 Å². The Balaban J connectivity index is 2.20. The Labute approximate surface area is 126 Å². The lowest BCUT2D eigenvalue weighted by atomic mass is 10.1. The number of carbonyl (C=O) groups is 1. The van der Waals surface area contributed by atoms with Crippen molar-refractivity contribution in [3.05, 3.63) is 81.1 Å². The average Bonchev–Trinajstić information content (AvgIpc) is 2.51. The summed E-state index contributed by atoms with van der Waals surface area (Å²) >= 11 is 5.87. The number of hydrogen-bond donors (Lipinski definition) is 0. The Bertz CT molecular complexity index is 866. The molecule has 0 amide bonds. The molecule has 0 aliphatic carbocycles. The van der Waals surface area contributed by atoms with Crippen molar-refractivity contribution in [1.29, 1.82) is 0 Å². The monoisotopic (exact) mass is 297 g/mol. The van der Waals surface area contributed by atoms with Gasteiger partial charge in [0.15, 0.2) is 6.29 Å². The first-order valence-electron chi connectivity index (χ1n) is 6.51. The van der Waals surface area contributed by atoms with Gasteiger partial charge in [-0.25, -0.2) is 0 Å². The van der Waals surface area contributed by atoms with Gasteiger partial charge in [0.25, 0.3) is 5.56 Å². The lowest BCUT2D eigenvalue weighted by Crippen LogP contribution is -2.24. The number of halogens is 1. The van der Waals surface area contributed by atoms with E-state index in [2.05, 4.69) is 0 Å². The quantitative estimate of drug-likeness (QED) is 0.694. The molecule has 0 saturated heterocycles. The molecule has 3 aromatic rings. The van der Waals surface area contributed by atoms with Crippen LogP contribution >= 0.6 is 11.6 Å². The van der Waals surface area contributed by atoms with Crippen LogP contribution in [0.5, 0.6) is 0 Å². The molecule has 0 aliphatic rings. The summed E-state index contributed by atoms with van der Waals surface area (Å²) in [5.74, 6) is 0. The molecule has 0 saturated carbocycles. The zero-order valence-corrected chi connectivity index (χ0v) is 11.9. The van der Waals surface area contributed by atoms with Crippen molar-refractivity contribution >= 4 is 28.8 Å². The highest BCUT2D eigenvalue weighted by Gasteiger charge is 2.09. The number of pyridine rings is 1. The summed E-state index contributed by atoms with van der Waals surface area (Å²) in [6, 6.07) is 16.5. The average molecular weight is 298 g/mol. The normalized spacial score (nSPS) is 10.7. The Morgan fingerprint density at radius 1 is 1.05 bits per heavy atom. The fourth-order valence-corrected chi connectivity index (χ4v) is 2.49. The second-order valence-corrected chi connectivity index (χ2v) is 5.23. The zero-order valence-electron chi connectivity index (χ0n) is 11.1. The maximum Gasteiger partial charge on any atom is 0.261 e. The summed E-state index contributed by atoms with van der Waals surface area (Å²) in [6.45, 7) is 0.401. The smallest absolute Gasteiger partial charge is 0.261 e. The third-order valence-corrected chi connectivity index (χ3v) is 3.66. The highest BCUT2D eigenvalue weighted by atomic mass is 35.5. The van der Waals surface area contributed by atoms with Crippen molar-refractivity contribution in [2.75, 3.05) is 0 Å². The van der Waals surface area contributed by atoms with Gasteiger partial charge in [0.05, 0.1) is 17.6 Å². The molecule has 3 rings (SSSR count). The van der Waals surface area contributed by atoms with Crippen molar-refractivity contribution in [3.8, 4) is 0 Å². The zero-order chi connectivity index (χ0) is 14.8. The van der Waals surface area contributed by atoms with Crippen LogP contribution in [0.15, 0.2) is 59.4 Å². The van der Waals surface area contributed by atoms with Gasteiger partial charge < -0.3 is 4.57 Å². The SMILES string of the molecule is O=Cc1cc2ccccc2n(Cc2ccc(Cl)cc2)c1=O. The van der Waals surface area contributed by atoms with Crippen LogP contribution in [-0.2, 0) is 6.54 Å². The van der Waals surface area contributed by atoms with Crippen LogP contribution in [0, 0.1) is 0 Å². The Morgan fingerprint density at radius 2 is 1.76 bits per heavy atom. The minimum absolute atomic E-state index is 0.169. The topological polar surface area (TPSA) is 39.1 Å². The third kappa shape index (κ3) is 2.60. The first-order valence-corrected chi connectivity index (χ1v) is 6.89. The second-order valence-electron chi connectivity index (χ2n) is 4.79. The predicted octanol–water partition coefficient (Wildman–Crippen LogP) is 3.52. The van der Waals surface area contributed by atoms with E-state index < -0.39 is 0 Å². The number of para-hydroxylation sites is 1. The summed E-state index contributed by atoms with van der Waals surface area (Å²) in [5.41, 5.74) is 1.65. The molecule has 104 valence electrons. The first kappa shape index (κ1) is 13.6. The van der Waals surface area contributed by atoms with E-state index in [0.29, 0.717) is 17.9 Å². The molecule has 1 heterocycles. The van der Waals surface area contributed by atoms with E-state index in [-0.39, 0.29) is 11.1 Å². The lowest BCUT2D eigenvalue weighted by Gasteiger charge is -2.11. The van der Waals surface area contributed by atoms with Crippen LogP contribution in [0.25, 0.3) is 10.9 Å². The number of hydrogen-bond acceptors (Lipinski definition) is 2. The molecule has 2 aromatic carbocycles. The molecule has 21 heavy (non-hydrogen) atoms. The van der Waals surface area contributed by atoms with Gasteiger partial charge >= 0.3 is 0 Å². The van der Waals surface area contributed by atoms with Gasteiger partial charge in [0, 0.05) is 5.02 Å². The molecule has 1 aromatic heterocycles. The van der Waals surface area contributed by atoms with Crippen molar-refractivity contribution < 1.29 is 4.79 Å². The Kier molecular flexibility index (Phi) is 3.59. The van der Waals surface area contributed by atoms with Crippen LogP contribution in [-0.4, -0.2) is 10.9 Å². The molecule has 0 bridgehead atoms. The number of nitrogens with zero attached hydrogens (tertiary/aromatic N) is 1. The Hall–Kier alpha value is -2.39. The summed E-state index contributed by atoms with van der Waals surface area (Å²) in [5, 5.41) is 1.52. The summed E-state index contributed by atoms with van der Waals surface area (Å²) in [6.07, 6.45) is 0.604. The van der Waals surface area contributed by atoms with Gasteiger partial charge in [-0.05, 0) is 35.2 Å². The largest absolute Gasteiger partial charge is 0.303 e. The van der Waals surface area contributed by atoms with E-state index in [4.69, 9.17) is 11.6 Å². The van der Waals surface area contributed by atoms with E-state index in [1.165, 1.54) is 0 Å². The summed E-state index contributed by atoms with van der Waals surface area (Å²) < 4.78 is 1.61. The fraction of sp³-hybridized carbons (Fsp3) is 0.0588. The van der Waals surface area contributed by atoms with Crippen molar-refractivity contribution in [3.63, 3.8) is 0 Å². The highest BCUT2D eigenvalue weighted by molar-refractivity contribution is 6.30. The van der Waals surface area contributed by atoms with Crippen LogP contribution in [0.2, 0.25) is 5.02 Å². The van der Waals surface area contributed by atoms with Crippen molar-refractivity contribution in [2.45, 2.75) is 6.54 Å². The Morgan fingerprint density at radius 3 is 2.48 bits per heavy atom. The van der Waals surface area contributed by atoms with E-state index in [9.17, 15) is 9.59 Å². The second kappa shape index (κ2) is 5.54. The van der Waals surface area contributed by atoms with Gasteiger partial charge in [0.1, 0.15) is 0 Å². The maximum absolute atomic E-state index is 12.4. The molecular formula is C17H12ClNO2. The van der Waals surface area contributed by atoms with Crippen LogP contribution in [0.3, 0.4) is 0 Å². The van der Waals surface area contributed by atoms with Crippen molar-refractivity contribution in [2.24, 2.45) is 0 Å². The minimum atomic E-state index is -0.279. The van der Waals surface area contributed by atoms with Crippen LogP contribution < -0.4 is 5.56 Å². The predicted molar refractivity (Wildman–Crippen MR) is 84.1 cm³/mol. The number of fused-ring (bicyclic) bond motifs is 1. The van der Waals surface area contributed by atoms with Crippen molar-refractivity contribution in [1.82, 2.24) is 4.57 Å². The van der Waals surface area contributed by atoms with E-state index in [1.807, 2.05) is 36.4 Å². The number of aldehydes is 1. The molecule has 3 nitrogen and oxygen atoms in total. The van der Waals surface area contributed by atoms with Crippen LogP contribution in [0.1, 0.15) is 15.9 Å². The molecule has 0 fully saturated rings. The molecule has 0 radical (unpaired) electrons. The number of rotatable bonds is 3. The molecule has 0 unspecified atom stereocenters. The number of carbonyl (C=O) groups excluding carboxylic acids is 1. The molecule has 0 atom stereocenters. The summed E-state index contributed by atoms with van der Waals surface area (Å²) in [4.78, 5) is 23.5. The lowest BCUT2D eigenvalue weighted by molar-refractivity contribution is 0.112. The first-order chi connectivity index (χ1) is 10.2. The van der Waals surface area contributed by atoms with Gasteiger partial charge in [-0.2, -0.15) is 0 Å². The van der Waals surface area contributed by atoms with Crippen LogP contribution in [0.4, 0.5) is 0 Å². The molecule has 4 heteroatoms. The summed E-state index contributed by atoms with van der Waals surface area (Å²) in [7, 11) is 0. The van der Waals surface area contributed by atoms with E-state index in [0.717, 1.165) is 16.5 Å². The molecule has 0 N–H and O–H groups in total. The van der Waals surface area contributed by atoms with Gasteiger partial charge in [0.2, 0.25) is 0 Å². The van der Waals surface area contributed by atoms with E-state index in [1.54, 1.807) is 22.8 Å². The van der Waals surface area contributed by atoms with Gasteiger partial charge in [-0.3, -0.25) is 9.59 Å². The molecular weight excluding hydrogens is 286 g/mol. The number of aromatic nitrogens is 1. The van der Waals surface area contributed by atoms with Gasteiger partial charge in [-0.15, -0.1) is 0 Å². The number of benzene rings is 2. The standard InChI is InChI=1S/C17H12ClNO2/c18-15-7-5-12(6-8-15)10-19-16-4-2-1-3-13(16)9-14(11-20)17(19)21/h1-9,11H,10H2. The third-order valence-electron chi connectivity index (χ3n) is 3.41.